The molecule has 6 heteroatoms. The van der Waals surface area contributed by atoms with E-state index in [0.29, 0.717) is 0 Å². The second kappa shape index (κ2) is 12.6. The van der Waals surface area contributed by atoms with Crippen LogP contribution in [0.2, 0.25) is 0 Å². The molecule has 0 N–H and O–H groups in total. The number of aromatic nitrogens is 6. The van der Waals surface area contributed by atoms with Gasteiger partial charge in [-0.15, -0.1) is 10.2 Å². The summed E-state index contributed by atoms with van der Waals surface area (Å²) in [6.07, 6.45) is 3.90. The first-order valence-corrected chi connectivity index (χ1v) is 18.9. The van der Waals surface area contributed by atoms with E-state index in [1.54, 1.807) is 0 Å². The monoisotopic (exact) mass is 718 g/mol. The zero-order valence-corrected chi connectivity index (χ0v) is 30.6. The molecule has 0 spiro atoms. The Bertz CT molecular complexity index is 3220. The van der Waals surface area contributed by atoms with Gasteiger partial charge in [-0.25, -0.2) is 4.98 Å². The van der Waals surface area contributed by atoms with Crippen molar-refractivity contribution in [1.82, 2.24) is 29.1 Å². The van der Waals surface area contributed by atoms with E-state index in [9.17, 15) is 0 Å². The van der Waals surface area contributed by atoms with Gasteiger partial charge in [0.15, 0.2) is 11.5 Å². The quantitative estimate of drug-likeness (QED) is 0.127. The minimum absolute atomic E-state index is 0.793. The van der Waals surface area contributed by atoms with E-state index in [4.69, 9.17) is 20.2 Å². The molecule has 6 nitrogen and oxygen atoms in total. The van der Waals surface area contributed by atoms with Crippen LogP contribution in [0.1, 0.15) is 27.9 Å². The molecule has 0 saturated heterocycles. The van der Waals surface area contributed by atoms with Gasteiger partial charge in [-0.2, -0.15) is 0 Å². The summed E-state index contributed by atoms with van der Waals surface area (Å²) < 4.78 is 4.50. The van der Waals surface area contributed by atoms with Crippen molar-refractivity contribution in [3.63, 3.8) is 0 Å². The third kappa shape index (κ3) is 4.62. The smallest absolute Gasteiger partial charge is 0.169 e. The van der Waals surface area contributed by atoms with E-state index < -0.39 is 5.41 Å². The Balaban J connectivity index is 1.27. The minimum atomic E-state index is -0.822. The molecule has 5 aromatic heterocycles. The lowest BCUT2D eigenvalue weighted by molar-refractivity contribution is 0.717. The summed E-state index contributed by atoms with van der Waals surface area (Å²) in [5.41, 5.74) is 9.59. The number of para-hydroxylation sites is 2. The predicted molar refractivity (Wildman–Crippen MR) is 226 cm³/mol. The molecule has 6 aromatic carbocycles. The van der Waals surface area contributed by atoms with Gasteiger partial charge in [-0.1, -0.05) is 140 Å². The Morgan fingerprint density at radius 3 is 1.84 bits per heavy atom. The lowest BCUT2D eigenvalue weighted by Gasteiger charge is -2.36. The van der Waals surface area contributed by atoms with Crippen molar-refractivity contribution in [2.75, 3.05) is 0 Å². The second-order valence-corrected chi connectivity index (χ2v) is 14.4. The number of fused-ring (bicyclic) bond motifs is 9. The average Bonchev–Trinajstić information content (AvgIpc) is 3.86. The van der Waals surface area contributed by atoms with Gasteiger partial charge >= 0.3 is 0 Å². The zero-order valence-electron chi connectivity index (χ0n) is 30.6. The van der Waals surface area contributed by atoms with E-state index >= 15 is 0 Å². The Labute approximate surface area is 323 Å². The van der Waals surface area contributed by atoms with Crippen LogP contribution in [-0.4, -0.2) is 29.1 Å². The molecule has 0 aliphatic heterocycles. The van der Waals surface area contributed by atoms with Crippen molar-refractivity contribution in [1.29, 1.82) is 0 Å². The lowest BCUT2D eigenvalue weighted by atomic mass is 9.66. The highest BCUT2D eigenvalue weighted by atomic mass is 15.2. The maximum absolute atomic E-state index is 5.47. The van der Waals surface area contributed by atoms with Gasteiger partial charge in [0.1, 0.15) is 5.82 Å². The van der Waals surface area contributed by atoms with Crippen molar-refractivity contribution in [3.05, 3.63) is 216 Å². The Kier molecular flexibility index (Phi) is 7.19. The van der Waals surface area contributed by atoms with Crippen LogP contribution in [0, 0.1) is 6.92 Å². The van der Waals surface area contributed by atoms with Gasteiger partial charge in [-0.3, -0.25) is 14.0 Å². The van der Waals surface area contributed by atoms with E-state index in [-0.39, 0.29) is 0 Å². The summed E-state index contributed by atoms with van der Waals surface area (Å²) >= 11 is 0. The van der Waals surface area contributed by atoms with Crippen molar-refractivity contribution in [2.45, 2.75) is 12.3 Å². The standard InChI is InChI=1S/C50H34N6/c1-33-16-8-9-21-37(33)48-53-54-49-41-31-46(52-32-42(41)39-23-11-13-25-44(39)56(48)49)50(34-17-4-2-5-18-34,35-19-6-3-7-20-35)36-27-28-40-38-22-10-12-24-43(38)55(45(40)30-36)47-26-14-15-29-51-47/h2-32H,1H3. The summed E-state index contributed by atoms with van der Waals surface area (Å²) in [6.45, 7) is 2.12. The molecule has 11 aromatic rings. The minimum Gasteiger partial charge on any atom is -0.294 e. The van der Waals surface area contributed by atoms with Gasteiger partial charge in [0.25, 0.3) is 0 Å². The summed E-state index contributed by atoms with van der Waals surface area (Å²) in [5.74, 6) is 1.69. The molecule has 0 atom stereocenters. The molecule has 0 fully saturated rings. The van der Waals surface area contributed by atoms with Gasteiger partial charge in [0, 0.05) is 44.9 Å². The molecule has 0 unspecified atom stereocenters. The normalized spacial score (nSPS) is 12.0. The number of hydrogen-bond acceptors (Lipinski definition) is 4. The van der Waals surface area contributed by atoms with Crippen LogP contribution >= 0.6 is 0 Å². The first-order chi connectivity index (χ1) is 27.7. The molecule has 0 bridgehead atoms. The van der Waals surface area contributed by atoms with Crippen molar-refractivity contribution < 1.29 is 0 Å². The maximum atomic E-state index is 5.47. The predicted octanol–water partition coefficient (Wildman–Crippen LogP) is 11.3. The van der Waals surface area contributed by atoms with E-state index in [0.717, 1.165) is 88.9 Å². The van der Waals surface area contributed by atoms with E-state index in [1.807, 2.05) is 24.5 Å². The van der Waals surface area contributed by atoms with Crippen LogP contribution in [0.5, 0.6) is 0 Å². The van der Waals surface area contributed by atoms with Crippen LogP contribution in [0.25, 0.3) is 66.3 Å². The number of benzene rings is 6. The average molecular weight is 719 g/mol. The highest BCUT2D eigenvalue weighted by Gasteiger charge is 2.40. The molecule has 5 heterocycles. The third-order valence-corrected chi connectivity index (χ3v) is 11.4. The number of rotatable bonds is 6. The number of nitrogens with zero attached hydrogens (tertiary/aromatic N) is 6. The second-order valence-electron chi connectivity index (χ2n) is 14.4. The van der Waals surface area contributed by atoms with Gasteiger partial charge in [0.2, 0.25) is 0 Å². The summed E-state index contributed by atoms with van der Waals surface area (Å²) in [5, 5.41) is 15.3. The van der Waals surface area contributed by atoms with E-state index in [2.05, 4.69) is 180 Å². The number of hydrogen-bond donors (Lipinski definition) is 0. The van der Waals surface area contributed by atoms with Gasteiger partial charge < -0.3 is 0 Å². The maximum Gasteiger partial charge on any atom is 0.169 e. The summed E-state index contributed by atoms with van der Waals surface area (Å²) in [6, 6.07) is 62.2. The molecule has 0 aliphatic rings. The fraction of sp³-hybridized carbons (Fsp3) is 0.0400. The highest BCUT2D eigenvalue weighted by molar-refractivity contribution is 6.12. The van der Waals surface area contributed by atoms with E-state index in [1.165, 1.54) is 5.39 Å². The zero-order chi connectivity index (χ0) is 37.2. The Hall–Kier alpha value is -7.44. The topological polar surface area (TPSA) is 60.9 Å². The van der Waals surface area contributed by atoms with Crippen molar-refractivity contribution in [3.8, 4) is 17.2 Å². The van der Waals surface area contributed by atoms with Crippen LogP contribution in [0.4, 0.5) is 0 Å². The van der Waals surface area contributed by atoms with Crippen molar-refractivity contribution >= 4 is 49.1 Å². The third-order valence-electron chi connectivity index (χ3n) is 11.4. The Morgan fingerprint density at radius 1 is 0.464 bits per heavy atom. The molecular weight excluding hydrogens is 685 g/mol. The van der Waals surface area contributed by atoms with Gasteiger partial charge in [0.05, 0.1) is 27.7 Å². The first-order valence-electron chi connectivity index (χ1n) is 18.9. The molecule has 56 heavy (non-hydrogen) atoms. The Morgan fingerprint density at radius 2 is 1.11 bits per heavy atom. The summed E-state index contributed by atoms with van der Waals surface area (Å²) in [4.78, 5) is 10.3. The fourth-order valence-electron chi connectivity index (χ4n) is 8.90. The van der Waals surface area contributed by atoms with Gasteiger partial charge in [-0.05, 0) is 65.6 Å². The van der Waals surface area contributed by atoms with Crippen molar-refractivity contribution in [2.24, 2.45) is 0 Å². The number of pyridine rings is 3. The number of aryl methyl sites for hydroxylation is 1. The van der Waals surface area contributed by atoms with Crippen LogP contribution < -0.4 is 0 Å². The van der Waals surface area contributed by atoms with Crippen LogP contribution in [0.3, 0.4) is 0 Å². The molecule has 0 aliphatic carbocycles. The summed E-state index contributed by atoms with van der Waals surface area (Å²) in [7, 11) is 0. The fourth-order valence-corrected chi connectivity index (χ4v) is 8.90. The molecule has 0 amide bonds. The van der Waals surface area contributed by atoms with Crippen LogP contribution in [0.15, 0.2) is 188 Å². The first kappa shape index (κ1) is 32.0. The molecule has 0 radical (unpaired) electrons. The molecular formula is C50H34N6. The van der Waals surface area contributed by atoms with Crippen LogP contribution in [-0.2, 0) is 5.41 Å². The lowest BCUT2D eigenvalue weighted by Crippen LogP contribution is -2.32. The molecule has 264 valence electrons. The molecule has 11 rings (SSSR count). The highest BCUT2D eigenvalue weighted by Crippen LogP contribution is 2.47. The molecule has 0 saturated carbocycles. The largest absolute Gasteiger partial charge is 0.294 e. The SMILES string of the molecule is Cc1ccccc1-c1nnc2c3cc(C(c4ccccc4)(c4ccccc4)c4ccc5c6ccccc6n(-c6ccccn6)c5c4)ncc3c3ccccc3n12.